The maximum Gasteiger partial charge on any atom is 0.311 e. The van der Waals surface area contributed by atoms with Crippen LogP contribution in [0.5, 0.6) is 0 Å². The summed E-state index contributed by atoms with van der Waals surface area (Å²) in [4.78, 5) is 25.0. The fourth-order valence-electron chi connectivity index (χ4n) is 7.69. The van der Waals surface area contributed by atoms with E-state index in [4.69, 9.17) is 18.9 Å². The number of hydrogen-bond donors (Lipinski definition) is 11. The number of aliphatic hydroxyl groups is 10. The Hall–Kier alpha value is -3.40. The molecule has 17 atom stereocenters. The van der Waals surface area contributed by atoms with Crippen molar-refractivity contribution in [3.05, 3.63) is 85.1 Å². The van der Waals surface area contributed by atoms with Gasteiger partial charge in [-0.25, -0.2) is 0 Å². The van der Waals surface area contributed by atoms with Gasteiger partial charge in [0.1, 0.15) is 18.1 Å². The van der Waals surface area contributed by atoms with E-state index in [-0.39, 0.29) is 44.6 Å². The maximum atomic E-state index is 12.6. The third-order valence-electron chi connectivity index (χ3n) is 11.4. The van der Waals surface area contributed by atoms with Gasteiger partial charge in [0.2, 0.25) is 0 Å². The van der Waals surface area contributed by atoms with Crippen molar-refractivity contribution in [1.29, 1.82) is 0 Å². The number of cyclic esters (lactones) is 1. The Balaban J connectivity index is 1.83. The Bertz CT molecular complexity index is 1590. The molecule has 0 amide bonds. The van der Waals surface area contributed by atoms with Crippen LogP contribution in [0.1, 0.15) is 78.6 Å². The number of esters is 1. The van der Waals surface area contributed by atoms with E-state index in [9.17, 15) is 65.8 Å². The standard InChI is InChI=1S/C46H70O17/c1-28-16-14-12-10-8-6-4-5-7-9-11-13-15-17-35(62-45-38(53)22-34(50)27-60-45)24-40-42(44(57)58)39(54)26-46(59,63-40)25-33(49)21-37(52)36(51)19-18-31(47)20-32(48)23-41(55)61-30(3)29(2)43(28)56/h4-17,28-40,42-43,45,47-54,56,59H,18-27H2,1-3H3,(H,57,58)/b5-4+,8-6+,9-7+,12-10+,13-11+,16-14+,17-15+/t28-,29-,30-,31?,32?,33?,34-,35-,36+,37?,38+,39-,40-,42+,43+,45?,46?/m0/s1. The highest BCUT2D eigenvalue weighted by atomic mass is 16.7. The minimum Gasteiger partial charge on any atom is -0.481 e. The first-order valence-electron chi connectivity index (χ1n) is 21.7. The molecule has 0 aliphatic carbocycles. The fraction of sp³-hybridized carbons (Fsp3) is 0.652. The first kappa shape index (κ1) is 53.9. The summed E-state index contributed by atoms with van der Waals surface area (Å²) < 4.78 is 22.9. The zero-order valence-electron chi connectivity index (χ0n) is 36.3. The third kappa shape index (κ3) is 19.3. The van der Waals surface area contributed by atoms with Gasteiger partial charge in [-0.1, -0.05) is 98.9 Å². The van der Waals surface area contributed by atoms with E-state index < -0.39 is 135 Å². The zero-order valence-corrected chi connectivity index (χ0v) is 36.3. The molecule has 3 rings (SSSR count). The van der Waals surface area contributed by atoms with E-state index in [1.54, 1.807) is 74.6 Å². The van der Waals surface area contributed by atoms with Gasteiger partial charge in [0.05, 0.1) is 74.1 Å². The average Bonchev–Trinajstić information content (AvgIpc) is 3.18. The predicted octanol–water partition coefficient (Wildman–Crippen LogP) is 1.39. The highest BCUT2D eigenvalue weighted by molar-refractivity contribution is 5.71. The normalized spacial score (nSPS) is 44.2. The van der Waals surface area contributed by atoms with Crippen molar-refractivity contribution in [2.75, 3.05) is 6.61 Å². The van der Waals surface area contributed by atoms with Crippen LogP contribution in [-0.4, -0.2) is 160 Å². The highest BCUT2D eigenvalue weighted by Gasteiger charge is 2.50. The number of aliphatic carboxylic acids is 1. The fourth-order valence-corrected chi connectivity index (χ4v) is 7.69. The summed E-state index contributed by atoms with van der Waals surface area (Å²) in [6, 6.07) is 0. The molecule has 0 aromatic rings. The van der Waals surface area contributed by atoms with Gasteiger partial charge in [-0.15, -0.1) is 0 Å². The zero-order chi connectivity index (χ0) is 46.7. The second-order valence-electron chi connectivity index (χ2n) is 17.0. The minimum atomic E-state index is -2.29. The molecule has 2 fully saturated rings. The number of ether oxygens (including phenoxy) is 4. The number of allylic oxidation sites excluding steroid dienone is 12. The van der Waals surface area contributed by atoms with Gasteiger partial charge < -0.3 is 75.1 Å². The van der Waals surface area contributed by atoms with Gasteiger partial charge in [0, 0.05) is 43.9 Å². The lowest BCUT2D eigenvalue weighted by molar-refractivity contribution is -0.305. The number of fused-ring (bicyclic) bond motifs is 2. The molecule has 356 valence electrons. The number of aliphatic hydroxyl groups excluding tert-OH is 9. The molecule has 2 saturated heterocycles. The van der Waals surface area contributed by atoms with Crippen LogP contribution in [0.4, 0.5) is 0 Å². The van der Waals surface area contributed by atoms with Gasteiger partial charge in [-0.3, -0.25) is 9.59 Å². The molecule has 3 aliphatic heterocycles. The SMILES string of the molecule is C[C@@H]1[C@H](O)[C@@H](C)/C=C/C=C/C=C/C=C/C=C/C=C/C=C/[C@H](OC2OC[C@@H](O)C[C@H]2O)C[C@@H]2OC(O)(CC(O)CC(O)[C@H](O)CCC(O)CC(O)CC(=O)O[C@H]1C)C[C@H](O)[C@H]2C(=O)O. The monoisotopic (exact) mass is 894 g/mol. The summed E-state index contributed by atoms with van der Waals surface area (Å²) in [5.74, 6) is -6.72. The van der Waals surface area contributed by atoms with Gasteiger partial charge in [0.15, 0.2) is 12.1 Å². The molecule has 3 heterocycles. The Morgan fingerprint density at radius 2 is 1.22 bits per heavy atom. The lowest BCUT2D eigenvalue weighted by atomic mass is 9.82. The number of carboxylic acids is 1. The Morgan fingerprint density at radius 1 is 0.651 bits per heavy atom. The van der Waals surface area contributed by atoms with Crippen molar-refractivity contribution in [3.63, 3.8) is 0 Å². The molecule has 6 unspecified atom stereocenters. The smallest absolute Gasteiger partial charge is 0.311 e. The highest BCUT2D eigenvalue weighted by Crippen LogP contribution is 2.38. The quantitative estimate of drug-likeness (QED) is 0.179. The largest absolute Gasteiger partial charge is 0.481 e. The van der Waals surface area contributed by atoms with Gasteiger partial charge in [0.25, 0.3) is 0 Å². The molecule has 2 bridgehead atoms. The first-order chi connectivity index (χ1) is 29.8. The van der Waals surface area contributed by atoms with E-state index in [1.807, 2.05) is 31.2 Å². The van der Waals surface area contributed by atoms with Crippen molar-refractivity contribution in [1.82, 2.24) is 0 Å². The molecular weight excluding hydrogens is 824 g/mol. The van der Waals surface area contributed by atoms with Crippen molar-refractivity contribution in [2.24, 2.45) is 17.8 Å². The van der Waals surface area contributed by atoms with Crippen LogP contribution in [0.3, 0.4) is 0 Å². The molecule has 0 spiro atoms. The minimum absolute atomic E-state index is 0.0404. The van der Waals surface area contributed by atoms with Crippen LogP contribution in [0.25, 0.3) is 0 Å². The predicted molar refractivity (Wildman–Crippen MR) is 229 cm³/mol. The summed E-state index contributed by atoms with van der Waals surface area (Å²) in [6.45, 7) is 5.09. The number of carbonyl (C=O) groups excluding carboxylic acids is 1. The second-order valence-corrected chi connectivity index (χ2v) is 17.0. The molecule has 3 aliphatic rings. The molecule has 63 heavy (non-hydrogen) atoms. The van der Waals surface area contributed by atoms with Gasteiger partial charge in [-0.05, 0) is 26.2 Å². The lowest BCUT2D eigenvalue weighted by Crippen LogP contribution is -2.56. The molecule has 0 aromatic carbocycles. The van der Waals surface area contributed by atoms with Crippen LogP contribution in [0.15, 0.2) is 85.1 Å². The molecule has 0 radical (unpaired) electrons. The number of carbonyl (C=O) groups is 2. The third-order valence-corrected chi connectivity index (χ3v) is 11.4. The van der Waals surface area contributed by atoms with Gasteiger partial charge >= 0.3 is 11.9 Å². The molecule has 17 nitrogen and oxygen atoms in total. The summed E-state index contributed by atoms with van der Waals surface area (Å²) in [5.41, 5.74) is 0. The van der Waals surface area contributed by atoms with E-state index in [0.29, 0.717) is 0 Å². The van der Waals surface area contributed by atoms with Crippen LogP contribution in [-0.2, 0) is 28.5 Å². The van der Waals surface area contributed by atoms with Crippen LogP contribution in [0, 0.1) is 17.8 Å². The molecular formula is C46H70O17. The van der Waals surface area contributed by atoms with Crippen LogP contribution < -0.4 is 0 Å². The number of hydrogen-bond acceptors (Lipinski definition) is 16. The summed E-state index contributed by atoms with van der Waals surface area (Å²) >= 11 is 0. The Labute approximate surface area is 369 Å². The van der Waals surface area contributed by atoms with Crippen molar-refractivity contribution in [2.45, 2.75) is 164 Å². The van der Waals surface area contributed by atoms with Crippen molar-refractivity contribution >= 4 is 11.9 Å². The molecule has 11 N–H and O–H groups in total. The summed E-state index contributed by atoms with van der Waals surface area (Å²) in [5, 5.41) is 117. The summed E-state index contributed by atoms with van der Waals surface area (Å²) in [7, 11) is 0. The van der Waals surface area contributed by atoms with E-state index in [0.717, 1.165) is 0 Å². The first-order valence-corrected chi connectivity index (χ1v) is 21.7. The van der Waals surface area contributed by atoms with Crippen LogP contribution >= 0.6 is 0 Å². The van der Waals surface area contributed by atoms with Crippen molar-refractivity contribution in [3.8, 4) is 0 Å². The van der Waals surface area contributed by atoms with Gasteiger partial charge in [-0.2, -0.15) is 0 Å². The van der Waals surface area contributed by atoms with Crippen LogP contribution in [0.2, 0.25) is 0 Å². The lowest BCUT2D eigenvalue weighted by Gasteiger charge is -2.44. The summed E-state index contributed by atoms with van der Waals surface area (Å²) in [6.07, 6.45) is 5.53. The number of carboxylic acid groups (broad SMARTS) is 1. The average molecular weight is 895 g/mol. The topological polar surface area (TPSA) is 294 Å². The Morgan fingerprint density at radius 3 is 1.81 bits per heavy atom. The van der Waals surface area contributed by atoms with Crippen molar-refractivity contribution < 1.29 is 84.7 Å². The second kappa shape index (κ2) is 27.2. The Kier molecular flexibility index (Phi) is 23.3. The molecule has 0 saturated carbocycles. The maximum absolute atomic E-state index is 12.6. The van der Waals surface area contributed by atoms with E-state index in [2.05, 4.69) is 0 Å². The molecule has 0 aromatic heterocycles. The number of rotatable bonds is 3. The molecule has 17 heteroatoms. The van der Waals surface area contributed by atoms with E-state index >= 15 is 0 Å². The van der Waals surface area contributed by atoms with E-state index in [1.165, 1.54) is 0 Å².